The number of nitrogens with zero attached hydrogens (tertiary/aromatic N) is 5. The van der Waals surface area contributed by atoms with Crippen molar-refractivity contribution in [3.63, 3.8) is 0 Å². The molecule has 0 unspecified atom stereocenters. The van der Waals surface area contributed by atoms with Gasteiger partial charge in [-0.3, -0.25) is 4.79 Å². The van der Waals surface area contributed by atoms with Gasteiger partial charge < -0.3 is 9.84 Å². The molecular weight excluding hydrogens is 392 g/mol. The summed E-state index contributed by atoms with van der Waals surface area (Å²) in [6, 6.07) is 9.61. The van der Waals surface area contributed by atoms with E-state index in [1.807, 2.05) is 18.2 Å². The van der Waals surface area contributed by atoms with E-state index in [1.165, 1.54) is 27.9 Å². The monoisotopic (exact) mass is 410 g/mol. The van der Waals surface area contributed by atoms with Crippen molar-refractivity contribution in [2.75, 3.05) is 5.32 Å². The lowest BCUT2D eigenvalue weighted by Crippen LogP contribution is -2.28. The summed E-state index contributed by atoms with van der Waals surface area (Å²) in [4.78, 5) is 30.4. The first-order valence-electron chi connectivity index (χ1n) is 8.98. The van der Waals surface area contributed by atoms with Crippen molar-refractivity contribution in [2.45, 2.75) is 36.7 Å². The smallest absolute Gasteiger partial charge is 0.350 e. The summed E-state index contributed by atoms with van der Waals surface area (Å²) in [5.74, 6) is 0.436. The van der Waals surface area contributed by atoms with Gasteiger partial charge >= 0.3 is 5.69 Å². The Morgan fingerprint density at radius 2 is 2.14 bits per heavy atom. The highest BCUT2D eigenvalue weighted by Crippen LogP contribution is 2.30. The second kappa shape index (κ2) is 7.92. The number of carbonyl (C=O) groups is 1. The first kappa shape index (κ1) is 18.9. The van der Waals surface area contributed by atoms with Crippen LogP contribution in [0.15, 0.2) is 62.0 Å². The molecule has 1 N–H and O–H groups in total. The Bertz CT molecular complexity index is 1240. The number of rotatable bonds is 6. The van der Waals surface area contributed by atoms with Crippen LogP contribution in [-0.4, -0.2) is 30.2 Å². The number of hydrogen-bond acceptors (Lipinski definition) is 7. The lowest BCUT2D eigenvalue weighted by atomic mass is 10.2. The molecule has 0 radical (unpaired) electrons. The topological polar surface area (TPSA) is 107 Å². The number of hydrogen-bond donors (Lipinski definition) is 1. The normalized spacial score (nSPS) is 11.1. The van der Waals surface area contributed by atoms with Crippen LogP contribution in [0, 0.1) is 6.92 Å². The molecule has 10 heteroatoms. The van der Waals surface area contributed by atoms with Gasteiger partial charge in [0, 0.05) is 23.4 Å². The van der Waals surface area contributed by atoms with Crippen LogP contribution in [0.25, 0.3) is 5.65 Å². The molecule has 0 atom stereocenters. The summed E-state index contributed by atoms with van der Waals surface area (Å²) >= 11 is 1.44. The highest BCUT2D eigenvalue weighted by molar-refractivity contribution is 7.99. The summed E-state index contributed by atoms with van der Waals surface area (Å²) in [7, 11) is 0. The van der Waals surface area contributed by atoms with E-state index >= 15 is 0 Å². The number of nitrogens with one attached hydrogen (secondary N) is 1. The van der Waals surface area contributed by atoms with Crippen molar-refractivity contribution in [1.29, 1.82) is 0 Å². The fourth-order valence-corrected chi connectivity index (χ4v) is 3.89. The zero-order valence-corrected chi connectivity index (χ0v) is 16.6. The standard InChI is InChI=1S/C19H18N6O3S/c1-3-13-6-4-5-7-14(13)29-18-17-22-25(19(27)24(17)9-8-20-18)11-16(26)21-15-10-12(2)28-23-15/h4-10H,3,11H2,1-2H3,(H,21,23,26). The third-order valence-corrected chi connectivity index (χ3v) is 5.32. The molecule has 29 heavy (non-hydrogen) atoms. The second-order valence-corrected chi connectivity index (χ2v) is 7.33. The molecule has 0 aliphatic rings. The lowest BCUT2D eigenvalue weighted by molar-refractivity contribution is -0.117. The number of aryl methyl sites for hydroxylation is 2. The largest absolute Gasteiger partial charge is 0.360 e. The minimum atomic E-state index is -0.428. The quantitative estimate of drug-likeness (QED) is 0.520. The fraction of sp³-hybridized carbons (Fsp3) is 0.211. The maximum Gasteiger partial charge on any atom is 0.350 e. The number of anilines is 1. The third-order valence-electron chi connectivity index (χ3n) is 4.22. The van der Waals surface area contributed by atoms with Crippen LogP contribution in [0.5, 0.6) is 0 Å². The van der Waals surface area contributed by atoms with E-state index in [4.69, 9.17) is 4.52 Å². The van der Waals surface area contributed by atoms with Crippen LogP contribution < -0.4 is 11.0 Å². The van der Waals surface area contributed by atoms with Crippen molar-refractivity contribution in [2.24, 2.45) is 0 Å². The van der Waals surface area contributed by atoms with Crippen molar-refractivity contribution in [1.82, 2.24) is 24.3 Å². The first-order valence-corrected chi connectivity index (χ1v) is 9.80. The molecule has 0 aliphatic heterocycles. The first-order chi connectivity index (χ1) is 14.0. The Hall–Kier alpha value is -3.40. The van der Waals surface area contributed by atoms with Crippen LogP contribution in [0.2, 0.25) is 0 Å². The molecule has 3 heterocycles. The van der Waals surface area contributed by atoms with Crippen molar-refractivity contribution in [3.8, 4) is 0 Å². The van der Waals surface area contributed by atoms with E-state index in [0.717, 1.165) is 16.0 Å². The molecule has 4 aromatic rings. The van der Waals surface area contributed by atoms with Gasteiger partial charge in [-0.15, -0.1) is 5.10 Å². The minimum absolute atomic E-state index is 0.248. The van der Waals surface area contributed by atoms with Gasteiger partial charge in [-0.25, -0.2) is 18.9 Å². The number of amides is 1. The Kier molecular flexibility index (Phi) is 5.17. The molecular formula is C19H18N6O3S. The zero-order chi connectivity index (χ0) is 20.4. The number of carbonyl (C=O) groups excluding carboxylic acids is 1. The molecule has 0 saturated carbocycles. The maximum atomic E-state index is 12.7. The summed E-state index contributed by atoms with van der Waals surface area (Å²) in [6.45, 7) is 3.56. The fourth-order valence-electron chi connectivity index (χ4n) is 2.84. The van der Waals surface area contributed by atoms with Crippen LogP contribution >= 0.6 is 11.8 Å². The van der Waals surface area contributed by atoms with Gasteiger partial charge in [0.25, 0.3) is 0 Å². The van der Waals surface area contributed by atoms with E-state index in [0.29, 0.717) is 22.3 Å². The van der Waals surface area contributed by atoms with Gasteiger partial charge in [-0.2, -0.15) is 0 Å². The van der Waals surface area contributed by atoms with Gasteiger partial charge in [0.05, 0.1) is 0 Å². The summed E-state index contributed by atoms with van der Waals surface area (Å²) in [6.07, 6.45) is 3.97. The number of benzene rings is 1. The van der Waals surface area contributed by atoms with Crippen LogP contribution in [0.3, 0.4) is 0 Å². The van der Waals surface area contributed by atoms with Gasteiger partial charge in [0.2, 0.25) is 5.91 Å². The van der Waals surface area contributed by atoms with Gasteiger partial charge in [-0.1, -0.05) is 42.0 Å². The Morgan fingerprint density at radius 3 is 2.90 bits per heavy atom. The molecule has 0 saturated heterocycles. The molecule has 148 valence electrons. The third kappa shape index (κ3) is 3.92. The van der Waals surface area contributed by atoms with Crippen molar-refractivity contribution < 1.29 is 9.32 Å². The molecule has 1 amide bonds. The van der Waals surface area contributed by atoms with Crippen molar-refractivity contribution >= 4 is 29.1 Å². The molecule has 0 fully saturated rings. The van der Waals surface area contributed by atoms with E-state index in [1.54, 1.807) is 19.2 Å². The molecule has 0 bridgehead atoms. The number of aromatic nitrogens is 5. The van der Waals surface area contributed by atoms with E-state index in [-0.39, 0.29) is 6.54 Å². The predicted molar refractivity (Wildman–Crippen MR) is 107 cm³/mol. The average Bonchev–Trinajstić information content (AvgIpc) is 3.26. The highest BCUT2D eigenvalue weighted by Gasteiger charge is 2.16. The Labute approximate surface area is 169 Å². The SMILES string of the molecule is CCc1ccccc1Sc1nccn2c(=O)n(CC(=O)Nc3cc(C)on3)nc12. The van der Waals surface area contributed by atoms with Gasteiger partial charge in [0.1, 0.15) is 17.3 Å². The van der Waals surface area contributed by atoms with E-state index < -0.39 is 11.6 Å². The van der Waals surface area contributed by atoms with Crippen molar-refractivity contribution in [3.05, 3.63) is 64.5 Å². The molecule has 1 aromatic carbocycles. The van der Waals surface area contributed by atoms with Gasteiger partial charge in [0.15, 0.2) is 11.5 Å². The molecule has 9 nitrogen and oxygen atoms in total. The molecule has 0 spiro atoms. The van der Waals surface area contributed by atoms with Crippen LogP contribution in [-0.2, 0) is 17.8 Å². The minimum Gasteiger partial charge on any atom is -0.360 e. The summed E-state index contributed by atoms with van der Waals surface area (Å²) in [5, 5.41) is 11.2. The van der Waals surface area contributed by atoms with Crippen LogP contribution in [0.1, 0.15) is 18.2 Å². The Balaban J connectivity index is 1.62. The molecule has 0 aliphatic carbocycles. The second-order valence-electron chi connectivity index (χ2n) is 6.30. The predicted octanol–water partition coefficient (Wildman–Crippen LogP) is 2.54. The van der Waals surface area contributed by atoms with Gasteiger partial charge in [-0.05, 0) is 25.0 Å². The lowest BCUT2D eigenvalue weighted by Gasteiger charge is -2.06. The zero-order valence-electron chi connectivity index (χ0n) is 15.8. The maximum absolute atomic E-state index is 12.7. The highest BCUT2D eigenvalue weighted by atomic mass is 32.2. The summed E-state index contributed by atoms with van der Waals surface area (Å²) in [5.41, 5.74) is 1.17. The molecule has 4 rings (SSSR count). The van der Waals surface area contributed by atoms with E-state index in [9.17, 15) is 9.59 Å². The Morgan fingerprint density at radius 1 is 1.31 bits per heavy atom. The average molecular weight is 410 g/mol. The molecule has 3 aromatic heterocycles. The van der Waals surface area contributed by atoms with E-state index in [2.05, 4.69) is 33.5 Å². The summed E-state index contributed by atoms with van der Waals surface area (Å²) < 4.78 is 7.41. The number of fused-ring (bicyclic) bond motifs is 1. The van der Waals surface area contributed by atoms with Crippen LogP contribution in [0.4, 0.5) is 5.82 Å².